The first-order valence-electron chi connectivity index (χ1n) is 7.78. The van der Waals surface area contributed by atoms with Crippen LogP contribution in [0.5, 0.6) is 0 Å². The third-order valence-corrected chi connectivity index (χ3v) is 3.37. The van der Waals surface area contributed by atoms with Crippen molar-refractivity contribution in [1.82, 2.24) is 10.2 Å². The number of unbranched alkanes of at least 4 members (excludes halogenated alkanes) is 2. The Morgan fingerprint density at radius 1 is 1.29 bits per heavy atom. The summed E-state index contributed by atoms with van der Waals surface area (Å²) in [5.74, 6) is 0.102. The molecule has 0 aliphatic carbocycles. The molecule has 0 aromatic carbocycles. The van der Waals surface area contributed by atoms with E-state index in [1.165, 1.54) is 0 Å². The van der Waals surface area contributed by atoms with Gasteiger partial charge in [0.05, 0.1) is 0 Å². The van der Waals surface area contributed by atoms with E-state index in [2.05, 4.69) is 5.32 Å². The van der Waals surface area contributed by atoms with Crippen LogP contribution in [0.1, 0.15) is 46.5 Å². The maximum absolute atomic E-state index is 12.3. The number of nitrogens with zero attached hydrogens (tertiary/aromatic N) is 1. The molecule has 1 saturated heterocycles. The quantitative estimate of drug-likeness (QED) is 0.722. The van der Waals surface area contributed by atoms with Crippen molar-refractivity contribution in [2.75, 3.05) is 26.2 Å². The molecule has 1 heterocycles. The number of piperazine rings is 1. The average molecular weight is 299 g/mol. The van der Waals surface area contributed by atoms with Crippen molar-refractivity contribution in [3.8, 4) is 0 Å². The van der Waals surface area contributed by atoms with Gasteiger partial charge in [-0.05, 0) is 40.2 Å². The molecule has 21 heavy (non-hydrogen) atoms. The summed E-state index contributed by atoms with van der Waals surface area (Å²) >= 11 is 0. The van der Waals surface area contributed by atoms with Crippen LogP contribution in [0.3, 0.4) is 0 Å². The molecule has 0 aromatic rings. The largest absolute Gasteiger partial charge is 0.444 e. The summed E-state index contributed by atoms with van der Waals surface area (Å²) in [5, 5.41) is 3.17. The van der Waals surface area contributed by atoms with Crippen LogP contribution in [-0.2, 0) is 9.53 Å². The lowest BCUT2D eigenvalue weighted by Crippen LogP contribution is -2.57. The zero-order valence-electron chi connectivity index (χ0n) is 13.5. The standard InChI is InChI=1S/C15H29N3O3/c1-15(2,3)21-14(20)18-10-9-17-11-12(18)13(19)7-5-4-6-8-16/h12,17H,4-11,16H2,1-3H3. The van der Waals surface area contributed by atoms with Crippen molar-refractivity contribution in [3.63, 3.8) is 0 Å². The highest BCUT2D eigenvalue weighted by Crippen LogP contribution is 2.15. The predicted molar refractivity (Wildman–Crippen MR) is 82.1 cm³/mol. The third kappa shape index (κ3) is 6.44. The van der Waals surface area contributed by atoms with Crippen LogP contribution in [0.2, 0.25) is 0 Å². The van der Waals surface area contributed by atoms with Crippen LogP contribution >= 0.6 is 0 Å². The summed E-state index contributed by atoms with van der Waals surface area (Å²) in [6.07, 6.45) is 2.81. The minimum atomic E-state index is -0.545. The molecule has 3 N–H and O–H groups in total. The molecule has 1 rings (SSSR count). The van der Waals surface area contributed by atoms with Gasteiger partial charge in [0.15, 0.2) is 5.78 Å². The van der Waals surface area contributed by atoms with Crippen molar-refractivity contribution in [1.29, 1.82) is 0 Å². The fourth-order valence-corrected chi connectivity index (χ4v) is 2.32. The van der Waals surface area contributed by atoms with E-state index in [0.29, 0.717) is 32.6 Å². The zero-order chi connectivity index (χ0) is 15.9. The van der Waals surface area contributed by atoms with Crippen LogP contribution in [0.4, 0.5) is 4.79 Å². The first-order valence-corrected chi connectivity index (χ1v) is 7.78. The summed E-state index contributed by atoms with van der Waals surface area (Å²) in [6, 6.07) is -0.411. The number of ether oxygens (including phenoxy) is 1. The molecule has 1 fully saturated rings. The number of hydrogen-bond donors (Lipinski definition) is 2. The molecule has 1 aliphatic heterocycles. The van der Waals surface area contributed by atoms with Crippen LogP contribution in [-0.4, -0.2) is 54.6 Å². The number of carbonyl (C=O) groups is 2. The maximum atomic E-state index is 12.3. The van der Waals surface area contributed by atoms with Gasteiger partial charge < -0.3 is 15.8 Å². The Morgan fingerprint density at radius 3 is 2.62 bits per heavy atom. The molecule has 1 aliphatic rings. The summed E-state index contributed by atoms with van der Waals surface area (Å²) in [5.41, 5.74) is 4.90. The number of nitrogens with two attached hydrogens (primary N) is 1. The molecule has 6 heteroatoms. The molecular weight excluding hydrogens is 270 g/mol. The molecule has 6 nitrogen and oxygen atoms in total. The molecule has 1 atom stereocenters. The first-order chi connectivity index (χ1) is 9.85. The van der Waals surface area contributed by atoms with Crippen molar-refractivity contribution < 1.29 is 14.3 Å². The van der Waals surface area contributed by atoms with Gasteiger partial charge in [-0.2, -0.15) is 0 Å². The highest BCUT2D eigenvalue weighted by atomic mass is 16.6. The maximum Gasteiger partial charge on any atom is 0.410 e. The number of ketones is 1. The Labute approximate surface area is 127 Å². The smallest absolute Gasteiger partial charge is 0.410 e. The number of amides is 1. The molecule has 0 spiro atoms. The Kier molecular flexibility index (Phi) is 7.11. The lowest BCUT2D eigenvalue weighted by Gasteiger charge is -2.36. The van der Waals surface area contributed by atoms with Crippen LogP contribution in [0.15, 0.2) is 0 Å². The highest BCUT2D eigenvalue weighted by molar-refractivity contribution is 5.88. The van der Waals surface area contributed by atoms with Gasteiger partial charge in [-0.25, -0.2) is 4.79 Å². The van der Waals surface area contributed by atoms with E-state index in [-0.39, 0.29) is 5.78 Å². The minimum absolute atomic E-state index is 0.102. The summed E-state index contributed by atoms with van der Waals surface area (Å²) in [7, 11) is 0. The number of rotatable bonds is 6. The summed E-state index contributed by atoms with van der Waals surface area (Å²) in [4.78, 5) is 26.1. The average Bonchev–Trinajstić information content (AvgIpc) is 2.41. The Balaban J connectivity index is 2.56. The van der Waals surface area contributed by atoms with Gasteiger partial charge >= 0.3 is 6.09 Å². The van der Waals surface area contributed by atoms with Gasteiger partial charge in [0.25, 0.3) is 0 Å². The Bertz CT molecular complexity index is 353. The fraction of sp³-hybridized carbons (Fsp3) is 0.867. The highest BCUT2D eigenvalue weighted by Gasteiger charge is 2.34. The Hall–Kier alpha value is -1.14. The number of carbonyl (C=O) groups excluding carboxylic acids is 2. The van der Waals surface area contributed by atoms with E-state index in [4.69, 9.17) is 10.5 Å². The van der Waals surface area contributed by atoms with Crippen molar-refractivity contribution >= 4 is 11.9 Å². The van der Waals surface area contributed by atoms with Crippen molar-refractivity contribution in [2.45, 2.75) is 58.1 Å². The topological polar surface area (TPSA) is 84.7 Å². The summed E-state index contributed by atoms with van der Waals surface area (Å²) < 4.78 is 5.39. The molecule has 1 amide bonds. The van der Waals surface area contributed by atoms with E-state index in [1.54, 1.807) is 4.90 Å². The molecule has 0 radical (unpaired) electrons. The molecule has 1 unspecified atom stereocenters. The number of Topliss-reactive ketones (excluding diaryl/α,β-unsaturated/α-hetero) is 1. The van der Waals surface area contributed by atoms with Crippen LogP contribution in [0.25, 0.3) is 0 Å². The zero-order valence-corrected chi connectivity index (χ0v) is 13.5. The van der Waals surface area contributed by atoms with Gasteiger partial charge in [0.1, 0.15) is 11.6 Å². The second-order valence-corrected chi connectivity index (χ2v) is 6.46. The monoisotopic (exact) mass is 299 g/mol. The van der Waals surface area contributed by atoms with Gasteiger partial charge in [0, 0.05) is 26.1 Å². The second-order valence-electron chi connectivity index (χ2n) is 6.46. The minimum Gasteiger partial charge on any atom is -0.444 e. The van der Waals surface area contributed by atoms with Gasteiger partial charge in [-0.15, -0.1) is 0 Å². The number of hydrogen-bond acceptors (Lipinski definition) is 5. The van der Waals surface area contributed by atoms with E-state index < -0.39 is 17.7 Å². The molecule has 0 aromatic heterocycles. The van der Waals surface area contributed by atoms with E-state index >= 15 is 0 Å². The van der Waals surface area contributed by atoms with Crippen molar-refractivity contribution in [2.24, 2.45) is 5.73 Å². The SMILES string of the molecule is CC(C)(C)OC(=O)N1CCNCC1C(=O)CCCCCN. The van der Waals surface area contributed by atoms with E-state index in [0.717, 1.165) is 19.3 Å². The first kappa shape index (κ1) is 17.9. The van der Waals surface area contributed by atoms with E-state index in [9.17, 15) is 9.59 Å². The normalized spacial score (nSPS) is 19.4. The van der Waals surface area contributed by atoms with Gasteiger partial charge in [-0.3, -0.25) is 9.69 Å². The molecular formula is C15H29N3O3. The van der Waals surface area contributed by atoms with Gasteiger partial charge in [-0.1, -0.05) is 6.42 Å². The number of nitrogens with one attached hydrogen (secondary N) is 1. The van der Waals surface area contributed by atoms with E-state index in [1.807, 2.05) is 20.8 Å². The second kappa shape index (κ2) is 8.34. The molecule has 0 saturated carbocycles. The third-order valence-electron chi connectivity index (χ3n) is 3.37. The fourth-order valence-electron chi connectivity index (χ4n) is 2.32. The molecule has 0 bridgehead atoms. The lowest BCUT2D eigenvalue weighted by atomic mass is 10.0. The summed E-state index contributed by atoms with van der Waals surface area (Å²) in [6.45, 7) is 7.85. The van der Waals surface area contributed by atoms with Crippen LogP contribution < -0.4 is 11.1 Å². The Morgan fingerprint density at radius 2 is 2.00 bits per heavy atom. The van der Waals surface area contributed by atoms with Crippen LogP contribution in [0, 0.1) is 0 Å². The van der Waals surface area contributed by atoms with Crippen molar-refractivity contribution in [3.05, 3.63) is 0 Å². The lowest BCUT2D eigenvalue weighted by molar-refractivity contribution is -0.125. The molecule has 122 valence electrons. The van der Waals surface area contributed by atoms with Gasteiger partial charge in [0.2, 0.25) is 0 Å². The predicted octanol–water partition coefficient (Wildman–Crippen LogP) is 1.28.